The first-order valence-corrected chi connectivity index (χ1v) is 7.04. The summed E-state index contributed by atoms with van der Waals surface area (Å²) in [6.45, 7) is 1.73. The number of aliphatic hydroxyl groups is 1. The molecule has 1 saturated heterocycles. The summed E-state index contributed by atoms with van der Waals surface area (Å²) in [5.41, 5.74) is 6.87. The van der Waals surface area contributed by atoms with Crippen LogP contribution in [0.3, 0.4) is 0 Å². The number of aliphatic hydroxyl groups excluding tert-OH is 1. The van der Waals surface area contributed by atoms with Crippen LogP contribution in [0.15, 0.2) is 30.3 Å². The molecule has 1 aromatic rings. The summed E-state index contributed by atoms with van der Waals surface area (Å²) < 4.78 is 5.49. The molecule has 0 bridgehead atoms. The van der Waals surface area contributed by atoms with Crippen LogP contribution in [0.1, 0.15) is 24.4 Å². The highest BCUT2D eigenvalue weighted by Crippen LogP contribution is 2.18. The zero-order chi connectivity index (χ0) is 14.4. The van der Waals surface area contributed by atoms with Gasteiger partial charge in [0.1, 0.15) is 6.04 Å². The smallest absolute Gasteiger partial charge is 0.244 e. The number of benzene rings is 1. The molecule has 1 heterocycles. The Bertz CT molecular complexity index is 416. The average Bonchev–Trinajstić information content (AvgIpc) is 2.53. The summed E-state index contributed by atoms with van der Waals surface area (Å²) in [4.78, 5) is 14.1. The van der Waals surface area contributed by atoms with Crippen LogP contribution in [-0.4, -0.2) is 48.3 Å². The van der Waals surface area contributed by atoms with Crippen molar-refractivity contribution in [2.24, 2.45) is 5.73 Å². The first-order valence-electron chi connectivity index (χ1n) is 7.04. The van der Waals surface area contributed by atoms with Crippen molar-refractivity contribution >= 4 is 5.91 Å². The van der Waals surface area contributed by atoms with Gasteiger partial charge in [0.2, 0.25) is 5.91 Å². The predicted molar refractivity (Wildman–Crippen MR) is 76.0 cm³/mol. The van der Waals surface area contributed by atoms with E-state index >= 15 is 0 Å². The van der Waals surface area contributed by atoms with Crippen molar-refractivity contribution < 1.29 is 14.6 Å². The van der Waals surface area contributed by atoms with E-state index in [1.54, 1.807) is 4.90 Å². The molecule has 20 heavy (non-hydrogen) atoms. The number of ether oxygens (including phenoxy) is 1. The predicted octanol–water partition coefficient (Wildman–Crippen LogP) is 0.686. The fourth-order valence-electron chi connectivity index (χ4n) is 2.46. The van der Waals surface area contributed by atoms with Gasteiger partial charge in [0, 0.05) is 13.1 Å². The molecule has 5 nitrogen and oxygen atoms in total. The Labute approximate surface area is 119 Å². The molecule has 110 valence electrons. The molecule has 2 rings (SSSR count). The Balaban J connectivity index is 1.85. The second-order valence-corrected chi connectivity index (χ2v) is 5.01. The molecule has 1 aromatic carbocycles. The number of likely N-dealkylation sites (tertiary alicyclic amines) is 1. The number of amides is 1. The Morgan fingerprint density at radius 3 is 2.60 bits per heavy atom. The fraction of sp³-hybridized carbons (Fsp3) is 0.533. The molecule has 0 aromatic heterocycles. The normalized spacial score (nSPS) is 18.0. The lowest BCUT2D eigenvalue weighted by molar-refractivity contribution is -0.135. The molecule has 1 fully saturated rings. The van der Waals surface area contributed by atoms with E-state index in [4.69, 9.17) is 15.6 Å². The number of hydrogen-bond donors (Lipinski definition) is 2. The summed E-state index contributed by atoms with van der Waals surface area (Å²) in [6, 6.07) is 8.84. The minimum atomic E-state index is -0.592. The lowest BCUT2D eigenvalue weighted by Crippen LogP contribution is -2.45. The van der Waals surface area contributed by atoms with E-state index in [0.717, 1.165) is 18.4 Å². The van der Waals surface area contributed by atoms with Crippen LogP contribution in [0.5, 0.6) is 0 Å². The average molecular weight is 278 g/mol. The number of carbonyl (C=O) groups is 1. The van der Waals surface area contributed by atoms with Crippen LogP contribution < -0.4 is 5.73 Å². The van der Waals surface area contributed by atoms with Crippen LogP contribution in [0, 0.1) is 0 Å². The van der Waals surface area contributed by atoms with Gasteiger partial charge >= 0.3 is 0 Å². The Kier molecular flexibility index (Phi) is 5.52. The van der Waals surface area contributed by atoms with E-state index in [9.17, 15) is 4.79 Å². The quantitative estimate of drug-likeness (QED) is 0.831. The van der Waals surface area contributed by atoms with Gasteiger partial charge in [-0.3, -0.25) is 4.79 Å². The van der Waals surface area contributed by atoms with E-state index in [1.165, 1.54) is 0 Å². The van der Waals surface area contributed by atoms with Crippen LogP contribution in [0.2, 0.25) is 0 Å². The molecule has 1 aliphatic heterocycles. The van der Waals surface area contributed by atoms with E-state index < -0.39 is 6.04 Å². The molecular formula is C15H22N2O3. The maximum Gasteiger partial charge on any atom is 0.244 e. The minimum Gasteiger partial charge on any atom is -0.394 e. The highest BCUT2D eigenvalue weighted by atomic mass is 16.5. The van der Waals surface area contributed by atoms with Crippen LogP contribution in [-0.2, 0) is 9.53 Å². The number of nitrogens with zero attached hydrogens (tertiary/aromatic N) is 1. The van der Waals surface area contributed by atoms with Crippen molar-refractivity contribution in [2.45, 2.75) is 25.0 Å². The second kappa shape index (κ2) is 7.38. The van der Waals surface area contributed by atoms with E-state index in [-0.39, 0.29) is 18.6 Å². The molecular weight excluding hydrogens is 256 g/mol. The van der Waals surface area contributed by atoms with E-state index in [2.05, 4.69) is 0 Å². The molecule has 3 N–H and O–H groups in total. The van der Waals surface area contributed by atoms with E-state index in [1.807, 2.05) is 30.3 Å². The van der Waals surface area contributed by atoms with Crippen LogP contribution in [0.25, 0.3) is 0 Å². The zero-order valence-corrected chi connectivity index (χ0v) is 11.6. The third-order valence-corrected chi connectivity index (χ3v) is 3.62. The molecule has 0 spiro atoms. The topological polar surface area (TPSA) is 75.8 Å². The molecule has 5 heteroatoms. The molecule has 1 unspecified atom stereocenters. The zero-order valence-electron chi connectivity index (χ0n) is 11.6. The number of carbonyl (C=O) groups excluding carboxylic acids is 1. The molecule has 1 amide bonds. The summed E-state index contributed by atoms with van der Waals surface area (Å²) in [5, 5.41) is 8.73. The fourth-order valence-corrected chi connectivity index (χ4v) is 2.46. The van der Waals surface area contributed by atoms with Gasteiger partial charge in [0.25, 0.3) is 0 Å². The number of rotatable bonds is 5. The molecule has 0 aliphatic carbocycles. The van der Waals surface area contributed by atoms with Gasteiger partial charge < -0.3 is 20.5 Å². The first kappa shape index (κ1) is 15.0. The van der Waals surface area contributed by atoms with Gasteiger partial charge in [-0.2, -0.15) is 0 Å². The van der Waals surface area contributed by atoms with Crippen molar-refractivity contribution in [1.82, 2.24) is 4.90 Å². The van der Waals surface area contributed by atoms with Crippen molar-refractivity contribution in [2.75, 3.05) is 26.3 Å². The second-order valence-electron chi connectivity index (χ2n) is 5.01. The summed E-state index contributed by atoms with van der Waals surface area (Å²) >= 11 is 0. The lowest BCUT2D eigenvalue weighted by Gasteiger charge is -2.33. The molecule has 1 atom stereocenters. The SMILES string of the molecule is NC(C(=O)N1CCC(OCCO)CC1)c1ccccc1. The van der Waals surface area contributed by atoms with Crippen LogP contribution in [0.4, 0.5) is 0 Å². The Morgan fingerprint density at radius 1 is 1.35 bits per heavy atom. The van der Waals surface area contributed by atoms with Gasteiger partial charge in [-0.05, 0) is 18.4 Å². The highest BCUT2D eigenvalue weighted by Gasteiger charge is 2.27. The van der Waals surface area contributed by atoms with Gasteiger partial charge in [-0.25, -0.2) is 0 Å². The third kappa shape index (κ3) is 3.79. The molecule has 0 radical (unpaired) electrons. The van der Waals surface area contributed by atoms with E-state index in [0.29, 0.717) is 19.7 Å². The monoisotopic (exact) mass is 278 g/mol. The summed E-state index contributed by atoms with van der Waals surface area (Å²) in [6.07, 6.45) is 1.74. The van der Waals surface area contributed by atoms with Crippen LogP contribution >= 0.6 is 0 Å². The molecule has 1 aliphatic rings. The highest BCUT2D eigenvalue weighted by molar-refractivity contribution is 5.83. The number of hydrogen-bond acceptors (Lipinski definition) is 4. The lowest BCUT2D eigenvalue weighted by atomic mass is 10.0. The van der Waals surface area contributed by atoms with Crippen molar-refractivity contribution in [3.63, 3.8) is 0 Å². The van der Waals surface area contributed by atoms with Crippen molar-refractivity contribution in [3.8, 4) is 0 Å². The van der Waals surface area contributed by atoms with Crippen molar-refractivity contribution in [1.29, 1.82) is 0 Å². The van der Waals surface area contributed by atoms with Gasteiger partial charge in [-0.1, -0.05) is 30.3 Å². The van der Waals surface area contributed by atoms with Crippen molar-refractivity contribution in [3.05, 3.63) is 35.9 Å². The Morgan fingerprint density at radius 2 is 2.00 bits per heavy atom. The Hall–Kier alpha value is -1.43. The van der Waals surface area contributed by atoms with Gasteiger partial charge in [0.15, 0.2) is 0 Å². The van der Waals surface area contributed by atoms with Gasteiger partial charge in [-0.15, -0.1) is 0 Å². The number of nitrogens with two attached hydrogens (primary N) is 1. The minimum absolute atomic E-state index is 0.0307. The summed E-state index contributed by atoms with van der Waals surface area (Å²) in [5.74, 6) is -0.0307. The number of piperidine rings is 1. The summed E-state index contributed by atoms with van der Waals surface area (Å²) in [7, 11) is 0. The standard InChI is InChI=1S/C15H22N2O3/c16-14(12-4-2-1-3-5-12)15(19)17-8-6-13(7-9-17)20-11-10-18/h1-5,13-14,18H,6-11,16H2. The maximum atomic E-state index is 12.3. The molecule has 0 saturated carbocycles. The third-order valence-electron chi connectivity index (χ3n) is 3.62. The maximum absolute atomic E-state index is 12.3. The first-order chi connectivity index (χ1) is 9.72. The largest absolute Gasteiger partial charge is 0.394 e. The van der Waals surface area contributed by atoms with Gasteiger partial charge in [0.05, 0.1) is 19.3 Å².